The van der Waals surface area contributed by atoms with Crippen LogP contribution in [-0.2, 0) is 9.47 Å². The minimum atomic E-state index is -0.371. The fourth-order valence-corrected chi connectivity index (χ4v) is 3.57. The van der Waals surface area contributed by atoms with E-state index in [1.807, 2.05) is 18.2 Å². The Morgan fingerprint density at radius 2 is 1.78 bits per heavy atom. The molecule has 0 radical (unpaired) electrons. The van der Waals surface area contributed by atoms with Gasteiger partial charge in [0.15, 0.2) is 11.6 Å². The largest absolute Gasteiger partial charge is 0.370 e. The summed E-state index contributed by atoms with van der Waals surface area (Å²) < 4.78 is 11.7. The quantitative estimate of drug-likeness (QED) is 0.871. The van der Waals surface area contributed by atoms with Crippen molar-refractivity contribution in [3.8, 4) is 11.4 Å². The van der Waals surface area contributed by atoms with E-state index in [1.165, 1.54) is 0 Å². The van der Waals surface area contributed by atoms with Gasteiger partial charge in [0.2, 0.25) is 0 Å². The summed E-state index contributed by atoms with van der Waals surface area (Å²) in [6.45, 7) is 8.42. The first-order valence-corrected chi connectivity index (χ1v) is 9.85. The number of hydrogen-bond acceptors (Lipinski definition) is 6. The number of nitrogens with zero attached hydrogens (tertiary/aromatic N) is 3. The van der Waals surface area contributed by atoms with Crippen LogP contribution in [0.1, 0.15) is 26.7 Å². The van der Waals surface area contributed by atoms with E-state index >= 15 is 0 Å². The van der Waals surface area contributed by atoms with E-state index < -0.39 is 0 Å². The summed E-state index contributed by atoms with van der Waals surface area (Å²) >= 11 is 0. The molecule has 0 unspecified atom stereocenters. The van der Waals surface area contributed by atoms with Gasteiger partial charge in [-0.05, 0) is 5.92 Å². The van der Waals surface area contributed by atoms with Crippen LogP contribution < -0.4 is 10.2 Å². The summed E-state index contributed by atoms with van der Waals surface area (Å²) in [5, 5.41) is 3.46. The molecular formula is C21H28N4O2. The maximum absolute atomic E-state index is 5.85. The Balaban J connectivity index is 1.58. The Morgan fingerprint density at radius 3 is 2.44 bits per heavy atom. The van der Waals surface area contributed by atoms with Gasteiger partial charge in [0.05, 0.1) is 13.2 Å². The molecule has 0 amide bonds. The molecule has 1 N–H and O–H groups in total. The first kappa shape index (κ1) is 18.2. The van der Waals surface area contributed by atoms with Crippen molar-refractivity contribution in [2.24, 2.45) is 5.92 Å². The molecule has 2 saturated heterocycles. The number of piperidine rings is 1. The molecule has 6 nitrogen and oxygen atoms in total. The van der Waals surface area contributed by atoms with Crippen LogP contribution in [0.15, 0.2) is 36.4 Å². The third-order valence-corrected chi connectivity index (χ3v) is 5.10. The third-order valence-electron chi connectivity index (χ3n) is 5.10. The minimum absolute atomic E-state index is 0.371. The lowest BCUT2D eigenvalue weighted by Gasteiger charge is -2.38. The summed E-state index contributed by atoms with van der Waals surface area (Å²) in [6.07, 6.45) is 1.73. The first-order chi connectivity index (χ1) is 13.1. The molecule has 0 aliphatic carbocycles. The van der Waals surface area contributed by atoms with Gasteiger partial charge < -0.3 is 19.7 Å². The maximum Gasteiger partial charge on any atom is 0.171 e. The zero-order valence-electron chi connectivity index (χ0n) is 16.1. The Bertz CT molecular complexity index is 750. The van der Waals surface area contributed by atoms with E-state index in [1.54, 1.807) is 0 Å². The van der Waals surface area contributed by atoms with Gasteiger partial charge in [0.25, 0.3) is 0 Å². The number of ether oxygens (including phenoxy) is 2. The van der Waals surface area contributed by atoms with Gasteiger partial charge in [-0.15, -0.1) is 0 Å². The predicted octanol–water partition coefficient (Wildman–Crippen LogP) is 3.55. The lowest BCUT2D eigenvalue weighted by Crippen LogP contribution is -2.45. The molecule has 3 heterocycles. The van der Waals surface area contributed by atoms with Crippen molar-refractivity contribution in [2.75, 3.05) is 43.1 Å². The fourth-order valence-electron chi connectivity index (χ4n) is 3.57. The van der Waals surface area contributed by atoms with Crippen LogP contribution in [0, 0.1) is 5.92 Å². The van der Waals surface area contributed by atoms with Gasteiger partial charge in [-0.25, -0.2) is 9.97 Å². The van der Waals surface area contributed by atoms with Crippen molar-refractivity contribution in [3.63, 3.8) is 0 Å². The maximum atomic E-state index is 5.85. The van der Waals surface area contributed by atoms with Crippen LogP contribution in [0.3, 0.4) is 0 Å². The number of benzene rings is 1. The summed E-state index contributed by atoms with van der Waals surface area (Å²) in [7, 11) is 0. The Kier molecular flexibility index (Phi) is 5.27. The van der Waals surface area contributed by atoms with E-state index in [-0.39, 0.29) is 5.79 Å². The van der Waals surface area contributed by atoms with Crippen molar-refractivity contribution in [2.45, 2.75) is 32.5 Å². The van der Waals surface area contributed by atoms with Gasteiger partial charge in [-0.2, -0.15) is 0 Å². The average Bonchev–Trinajstić information content (AvgIpc) is 3.15. The molecule has 27 heavy (non-hydrogen) atoms. The monoisotopic (exact) mass is 368 g/mol. The molecule has 0 bridgehead atoms. The zero-order chi connectivity index (χ0) is 18.7. The van der Waals surface area contributed by atoms with Gasteiger partial charge in [-0.3, -0.25) is 0 Å². The van der Waals surface area contributed by atoms with Gasteiger partial charge in [-0.1, -0.05) is 44.2 Å². The first-order valence-electron chi connectivity index (χ1n) is 9.85. The molecular weight excluding hydrogens is 340 g/mol. The normalized spacial score (nSPS) is 19.0. The summed E-state index contributed by atoms with van der Waals surface area (Å²) in [5.74, 6) is 2.78. The number of nitrogens with one attached hydrogen (secondary N) is 1. The fraction of sp³-hybridized carbons (Fsp3) is 0.524. The molecule has 1 aromatic heterocycles. The highest BCUT2D eigenvalue weighted by Crippen LogP contribution is 2.33. The second-order valence-electron chi connectivity index (χ2n) is 7.67. The smallest absolute Gasteiger partial charge is 0.171 e. The third kappa shape index (κ3) is 4.22. The van der Waals surface area contributed by atoms with Crippen LogP contribution in [0.2, 0.25) is 0 Å². The molecule has 2 aliphatic rings. The molecule has 144 valence electrons. The standard InChI is InChI=1S/C21H28N4O2/c1-16(2)15-22-18-14-19(24-20(23-18)17-6-4-3-5-7-17)25-10-8-21(9-11-25)26-12-13-27-21/h3-7,14,16H,8-13,15H2,1-2H3,(H,22,23,24). The minimum Gasteiger partial charge on any atom is -0.370 e. The van der Waals surface area contributed by atoms with Gasteiger partial charge in [0, 0.05) is 44.1 Å². The van der Waals surface area contributed by atoms with Crippen molar-refractivity contribution in [1.29, 1.82) is 0 Å². The van der Waals surface area contributed by atoms with Crippen LogP contribution in [0.25, 0.3) is 11.4 Å². The lowest BCUT2D eigenvalue weighted by molar-refractivity contribution is -0.169. The van der Waals surface area contributed by atoms with Crippen molar-refractivity contribution in [1.82, 2.24) is 9.97 Å². The van der Waals surface area contributed by atoms with E-state index in [9.17, 15) is 0 Å². The van der Waals surface area contributed by atoms with Crippen LogP contribution >= 0.6 is 0 Å². The number of anilines is 2. The highest BCUT2D eigenvalue weighted by Gasteiger charge is 2.40. The second-order valence-corrected chi connectivity index (χ2v) is 7.67. The molecule has 2 fully saturated rings. The van der Waals surface area contributed by atoms with Gasteiger partial charge >= 0.3 is 0 Å². The highest BCUT2D eigenvalue weighted by molar-refractivity contribution is 5.61. The van der Waals surface area contributed by atoms with E-state index in [0.29, 0.717) is 19.1 Å². The van der Waals surface area contributed by atoms with Crippen LogP contribution in [0.4, 0.5) is 11.6 Å². The number of hydrogen-bond donors (Lipinski definition) is 1. The van der Waals surface area contributed by atoms with E-state index in [2.05, 4.69) is 42.3 Å². The molecule has 4 rings (SSSR count). The topological polar surface area (TPSA) is 59.5 Å². The van der Waals surface area contributed by atoms with E-state index in [4.69, 9.17) is 19.4 Å². The molecule has 6 heteroatoms. The molecule has 2 aliphatic heterocycles. The molecule has 0 saturated carbocycles. The van der Waals surface area contributed by atoms with Crippen molar-refractivity contribution in [3.05, 3.63) is 36.4 Å². The van der Waals surface area contributed by atoms with Crippen LogP contribution in [0.5, 0.6) is 0 Å². The summed E-state index contributed by atoms with van der Waals surface area (Å²) in [4.78, 5) is 11.9. The highest BCUT2D eigenvalue weighted by atomic mass is 16.7. The summed E-state index contributed by atoms with van der Waals surface area (Å²) in [6, 6.07) is 12.2. The Labute approximate surface area is 160 Å². The van der Waals surface area contributed by atoms with E-state index in [0.717, 1.165) is 55.5 Å². The lowest BCUT2D eigenvalue weighted by atomic mass is 10.0. The van der Waals surface area contributed by atoms with Gasteiger partial charge in [0.1, 0.15) is 11.6 Å². The SMILES string of the molecule is CC(C)CNc1cc(N2CCC3(CC2)OCCO3)nc(-c2ccccc2)n1. The number of aromatic nitrogens is 2. The second kappa shape index (κ2) is 7.82. The van der Waals surface area contributed by atoms with Crippen LogP contribution in [-0.4, -0.2) is 48.6 Å². The zero-order valence-corrected chi connectivity index (χ0v) is 16.1. The Morgan fingerprint density at radius 1 is 1.07 bits per heavy atom. The molecule has 1 aromatic carbocycles. The molecule has 2 aromatic rings. The van der Waals surface area contributed by atoms with Crippen molar-refractivity contribution >= 4 is 11.6 Å². The average molecular weight is 368 g/mol. The predicted molar refractivity (Wildman–Crippen MR) is 107 cm³/mol. The number of rotatable bonds is 5. The summed E-state index contributed by atoms with van der Waals surface area (Å²) in [5.41, 5.74) is 1.03. The van der Waals surface area contributed by atoms with Crippen molar-refractivity contribution < 1.29 is 9.47 Å². The molecule has 1 spiro atoms. The Hall–Kier alpha value is -2.18. The molecule has 0 atom stereocenters.